The lowest BCUT2D eigenvalue weighted by Crippen LogP contribution is -2.31. The number of hydrogen-bond acceptors (Lipinski definition) is 8. The number of alkyl carbamates (subject to hydrolysis) is 1. The summed E-state index contributed by atoms with van der Waals surface area (Å²) in [5, 5.41) is 15.5. The maximum atomic E-state index is 11.6. The molecule has 12 heteroatoms. The second-order valence-electron chi connectivity index (χ2n) is 6.27. The highest BCUT2D eigenvalue weighted by molar-refractivity contribution is 7.13. The second kappa shape index (κ2) is 15.9. The SMILES string of the molecule is NC(=O)CCCCCN(N)/C=C(\N)COC(=O)NCCCCC(NP)C(=O)O. The summed E-state index contributed by atoms with van der Waals surface area (Å²) in [5.41, 5.74) is 11.1. The number of ether oxygens (including phenoxy) is 1. The zero-order valence-electron chi connectivity index (χ0n) is 16.1. The summed E-state index contributed by atoms with van der Waals surface area (Å²) in [6, 6.07) is -0.621. The minimum Gasteiger partial charge on any atom is -0.480 e. The van der Waals surface area contributed by atoms with Gasteiger partial charge in [-0.25, -0.2) is 10.6 Å². The first-order chi connectivity index (χ1) is 13.3. The van der Waals surface area contributed by atoms with E-state index in [4.69, 9.17) is 27.2 Å². The van der Waals surface area contributed by atoms with Gasteiger partial charge in [-0.15, -0.1) is 0 Å². The number of nitrogens with zero attached hydrogens (tertiary/aromatic N) is 1. The van der Waals surface area contributed by atoms with E-state index in [-0.39, 0.29) is 12.5 Å². The van der Waals surface area contributed by atoms with Crippen LogP contribution >= 0.6 is 9.39 Å². The highest BCUT2D eigenvalue weighted by Gasteiger charge is 2.13. The van der Waals surface area contributed by atoms with E-state index in [0.29, 0.717) is 44.5 Å². The maximum Gasteiger partial charge on any atom is 0.407 e. The molecule has 2 amide bonds. The van der Waals surface area contributed by atoms with Crippen LogP contribution in [0, 0.1) is 0 Å². The van der Waals surface area contributed by atoms with Gasteiger partial charge in [-0.2, -0.15) is 0 Å². The Bertz CT molecular complexity index is 520. The van der Waals surface area contributed by atoms with Crippen LogP contribution in [-0.4, -0.2) is 53.8 Å². The van der Waals surface area contributed by atoms with Crippen molar-refractivity contribution in [3.05, 3.63) is 11.9 Å². The molecule has 0 fully saturated rings. The average Bonchev–Trinajstić information content (AvgIpc) is 2.62. The summed E-state index contributed by atoms with van der Waals surface area (Å²) in [4.78, 5) is 33.0. The van der Waals surface area contributed by atoms with Gasteiger partial charge in [0.15, 0.2) is 0 Å². The van der Waals surface area contributed by atoms with Gasteiger partial charge in [0.25, 0.3) is 0 Å². The number of rotatable bonds is 16. The first-order valence-electron chi connectivity index (χ1n) is 9.11. The van der Waals surface area contributed by atoms with Crippen molar-refractivity contribution in [3.8, 4) is 0 Å². The largest absolute Gasteiger partial charge is 0.480 e. The van der Waals surface area contributed by atoms with E-state index >= 15 is 0 Å². The fourth-order valence-electron chi connectivity index (χ4n) is 2.23. The molecule has 0 saturated carbocycles. The molecule has 0 aliphatic rings. The van der Waals surface area contributed by atoms with Gasteiger partial charge in [-0.3, -0.25) is 14.7 Å². The van der Waals surface area contributed by atoms with Crippen LogP contribution in [0.15, 0.2) is 11.9 Å². The summed E-state index contributed by atoms with van der Waals surface area (Å²) < 4.78 is 4.97. The van der Waals surface area contributed by atoms with E-state index in [0.717, 1.165) is 19.3 Å². The first-order valence-corrected chi connectivity index (χ1v) is 9.69. The van der Waals surface area contributed by atoms with Gasteiger partial charge in [-0.05, 0) is 32.1 Å². The van der Waals surface area contributed by atoms with Gasteiger partial charge in [-0.1, -0.05) is 15.8 Å². The number of hydrazine groups is 1. The first kappa shape index (κ1) is 25.9. The van der Waals surface area contributed by atoms with Crippen LogP contribution in [-0.2, 0) is 14.3 Å². The minimum absolute atomic E-state index is 0.0979. The molecule has 0 radical (unpaired) electrons. The molecule has 2 unspecified atom stereocenters. The smallest absolute Gasteiger partial charge is 0.407 e. The molecule has 162 valence electrons. The molecular weight excluding hydrogens is 387 g/mol. The number of carbonyl (C=O) groups is 3. The Morgan fingerprint density at radius 3 is 2.46 bits per heavy atom. The van der Waals surface area contributed by atoms with Crippen molar-refractivity contribution in [2.24, 2.45) is 17.3 Å². The number of amides is 2. The quantitative estimate of drug-likeness (QED) is 0.0846. The van der Waals surface area contributed by atoms with E-state index in [1.54, 1.807) is 0 Å². The van der Waals surface area contributed by atoms with Gasteiger partial charge in [0, 0.05) is 25.7 Å². The van der Waals surface area contributed by atoms with Crippen molar-refractivity contribution in [1.82, 2.24) is 15.4 Å². The van der Waals surface area contributed by atoms with Crippen molar-refractivity contribution < 1.29 is 24.2 Å². The molecule has 0 aliphatic carbocycles. The Hall–Kier alpha value is -2.10. The van der Waals surface area contributed by atoms with Gasteiger partial charge >= 0.3 is 12.1 Å². The highest BCUT2D eigenvalue weighted by atomic mass is 31.0. The number of hydrogen-bond donors (Lipinski definition) is 6. The molecule has 28 heavy (non-hydrogen) atoms. The third-order valence-corrected chi connectivity index (χ3v) is 4.13. The van der Waals surface area contributed by atoms with Crippen molar-refractivity contribution in [1.29, 1.82) is 0 Å². The average molecular weight is 420 g/mol. The van der Waals surface area contributed by atoms with Crippen molar-refractivity contribution >= 4 is 27.4 Å². The number of carbonyl (C=O) groups excluding carboxylic acids is 2. The lowest BCUT2D eigenvalue weighted by Gasteiger charge is -2.15. The van der Waals surface area contributed by atoms with Gasteiger partial charge in [0.05, 0.1) is 5.70 Å². The summed E-state index contributed by atoms with van der Waals surface area (Å²) in [5.74, 6) is 4.55. The number of carboxylic acid groups (broad SMARTS) is 1. The number of aliphatic carboxylic acids is 1. The molecule has 9 N–H and O–H groups in total. The van der Waals surface area contributed by atoms with E-state index in [1.165, 1.54) is 11.2 Å². The summed E-state index contributed by atoms with van der Waals surface area (Å²) in [6.45, 7) is 0.827. The van der Waals surface area contributed by atoms with E-state index < -0.39 is 18.1 Å². The minimum atomic E-state index is -0.913. The van der Waals surface area contributed by atoms with Gasteiger partial charge in [0.2, 0.25) is 5.91 Å². The van der Waals surface area contributed by atoms with Crippen molar-refractivity contribution in [2.75, 3.05) is 19.7 Å². The zero-order chi connectivity index (χ0) is 21.4. The van der Waals surface area contributed by atoms with Crippen LogP contribution in [0.3, 0.4) is 0 Å². The topological polar surface area (TPSA) is 186 Å². The van der Waals surface area contributed by atoms with Crippen molar-refractivity contribution in [2.45, 2.75) is 51.0 Å². The Kier molecular flexibility index (Phi) is 14.7. The lowest BCUT2D eigenvalue weighted by atomic mass is 10.1. The molecule has 0 aromatic heterocycles. The molecule has 2 atom stereocenters. The monoisotopic (exact) mass is 420 g/mol. The van der Waals surface area contributed by atoms with Gasteiger partial charge < -0.3 is 31.6 Å². The highest BCUT2D eigenvalue weighted by Crippen LogP contribution is 2.03. The maximum absolute atomic E-state index is 11.6. The normalized spacial score (nSPS) is 12.3. The number of nitrogens with one attached hydrogen (secondary N) is 2. The Morgan fingerprint density at radius 1 is 1.14 bits per heavy atom. The Labute approximate surface area is 167 Å². The second-order valence-corrected chi connectivity index (χ2v) is 6.61. The molecule has 0 heterocycles. The van der Waals surface area contributed by atoms with E-state index in [9.17, 15) is 14.4 Å². The molecule has 0 bridgehead atoms. The lowest BCUT2D eigenvalue weighted by molar-refractivity contribution is -0.139. The Morgan fingerprint density at radius 2 is 1.86 bits per heavy atom. The van der Waals surface area contributed by atoms with Crippen LogP contribution in [0.2, 0.25) is 0 Å². The zero-order valence-corrected chi connectivity index (χ0v) is 17.2. The molecule has 0 aromatic carbocycles. The van der Waals surface area contributed by atoms with Crippen LogP contribution in [0.4, 0.5) is 4.79 Å². The molecule has 0 spiro atoms. The molecule has 0 aromatic rings. The van der Waals surface area contributed by atoms with Crippen LogP contribution in [0.1, 0.15) is 44.9 Å². The van der Waals surface area contributed by atoms with E-state index in [2.05, 4.69) is 19.8 Å². The van der Waals surface area contributed by atoms with Crippen LogP contribution in [0.5, 0.6) is 0 Å². The number of carboxylic acids is 1. The number of nitrogens with two attached hydrogens (primary N) is 3. The molecule has 0 rings (SSSR count). The van der Waals surface area contributed by atoms with Crippen molar-refractivity contribution in [3.63, 3.8) is 0 Å². The third kappa shape index (κ3) is 15.0. The number of primary amides is 1. The standard InChI is InChI=1S/C16H33N6O5P/c17-12(10-22(19)9-5-1-2-7-14(18)23)11-27-16(26)20-8-4-3-6-13(21-28)15(24)25/h10,13,21H,1-9,11,17,19,28H2,(H2,18,23)(H,20,26)(H,24,25)/b12-10-. The van der Waals surface area contributed by atoms with Crippen LogP contribution < -0.4 is 27.7 Å². The fraction of sp³-hybridized carbons (Fsp3) is 0.688. The van der Waals surface area contributed by atoms with Crippen LogP contribution in [0.25, 0.3) is 0 Å². The predicted molar refractivity (Wildman–Crippen MR) is 108 cm³/mol. The number of unbranched alkanes of at least 4 members (excludes halogenated alkanes) is 3. The van der Waals surface area contributed by atoms with E-state index in [1.807, 2.05) is 0 Å². The summed E-state index contributed by atoms with van der Waals surface area (Å²) in [6.07, 6.45) is 5.30. The predicted octanol–water partition coefficient (Wildman–Crippen LogP) is -0.263. The third-order valence-electron chi connectivity index (χ3n) is 3.73. The summed E-state index contributed by atoms with van der Waals surface area (Å²) >= 11 is 0. The molecule has 11 nitrogen and oxygen atoms in total. The fourth-order valence-corrected chi connectivity index (χ4v) is 2.54. The van der Waals surface area contributed by atoms with Gasteiger partial charge in [0.1, 0.15) is 12.6 Å². The summed E-state index contributed by atoms with van der Waals surface area (Å²) in [7, 11) is 2.18. The molecular formula is C16H33N6O5P. The molecule has 0 saturated heterocycles. The Balaban J connectivity index is 3.81. The molecule has 0 aliphatic heterocycles.